The van der Waals surface area contributed by atoms with Gasteiger partial charge in [-0.3, -0.25) is 20.2 Å². The van der Waals surface area contributed by atoms with Crippen molar-refractivity contribution < 1.29 is 31.4 Å². The highest BCUT2D eigenvalue weighted by Crippen LogP contribution is 2.16. The molecular weight excluding hydrogens is 297 g/mol. The molecule has 0 aliphatic carbocycles. The molecule has 2 rings (SSSR count). The Morgan fingerprint density at radius 3 is 2.05 bits per heavy atom. The van der Waals surface area contributed by atoms with E-state index in [1.165, 1.54) is 0 Å². The number of amides is 4. The average molecular weight is 313 g/mol. The van der Waals surface area contributed by atoms with Gasteiger partial charge in [-0.2, -0.15) is 0 Å². The van der Waals surface area contributed by atoms with Crippen LogP contribution in [0.5, 0.6) is 0 Å². The maximum Gasteiger partial charge on any atom is 0.673 e. The summed E-state index contributed by atoms with van der Waals surface area (Å²) < 4.78 is 44.2. The fourth-order valence-corrected chi connectivity index (χ4v) is 1.90. The van der Waals surface area contributed by atoms with E-state index in [2.05, 4.69) is 17.6 Å². The van der Waals surface area contributed by atoms with Crippen LogP contribution in [0.3, 0.4) is 0 Å². The van der Waals surface area contributed by atoms with E-state index < -0.39 is 7.25 Å². The minimum Gasteiger partial charge on any atom is -0.418 e. The van der Waals surface area contributed by atoms with Crippen LogP contribution in [0.25, 0.3) is 0 Å². The van der Waals surface area contributed by atoms with E-state index in [9.17, 15) is 26.9 Å². The molecule has 2 fully saturated rings. The van der Waals surface area contributed by atoms with Crippen LogP contribution >= 0.6 is 0 Å². The Labute approximate surface area is 118 Å². The molecule has 2 saturated heterocycles. The predicted octanol–water partition coefficient (Wildman–Crippen LogP) is 1.37. The van der Waals surface area contributed by atoms with Gasteiger partial charge in [0.15, 0.2) is 0 Å². The van der Waals surface area contributed by atoms with Crippen LogP contribution in [0.2, 0.25) is 0 Å². The summed E-state index contributed by atoms with van der Waals surface area (Å²) in [4.78, 5) is 22.6. The van der Waals surface area contributed by atoms with Crippen molar-refractivity contribution in [2.24, 2.45) is 0 Å². The first-order valence-electron chi connectivity index (χ1n) is 6.43. The number of hydrogen-bond donors (Lipinski definition) is 2. The molecule has 0 aromatic carbocycles. The van der Waals surface area contributed by atoms with Crippen molar-refractivity contribution in [3.63, 3.8) is 0 Å². The molecule has 11 heteroatoms. The van der Waals surface area contributed by atoms with Crippen LogP contribution in [0.15, 0.2) is 0 Å². The lowest BCUT2D eigenvalue weighted by Crippen LogP contribution is -2.31. The molecule has 0 saturated carbocycles. The van der Waals surface area contributed by atoms with E-state index in [1.807, 2.05) is 6.92 Å². The highest BCUT2D eigenvalue weighted by Gasteiger charge is 2.42. The quantitative estimate of drug-likeness (QED) is 0.350. The fraction of sp³-hybridized carbons (Fsp3) is 0.700. The summed E-state index contributed by atoms with van der Waals surface area (Å²) in [6, 6.07) is 0.888. The van der Waals surface area contributed by atoms with Crippen LogP contribution < -0.4 is 10.6 Å². The monoisotopic (exact) mass is 313 g/mol. The van der Waals surface area contributed by atoms with Crippen LogP contribution in [-0.2, 0) is 9.59 Å². The molecule has 0 aromatic rings. The number of hydrogen-bond acceptors (Lipinski definition) is 2. The Balaban J connectivity index is 0.000000383. The smallest absolute Gasteiger partial charge is 0.418 e. The number of carbonyl (C=O) groups is 2. The minimum absolute atomic E-state index is 0.229. The zero-order valence-corrected chi connectivity index (χ0v) is 11.5. The highest BCUT2D eigenvalue weighted by atomic mass is 19.5. The second-order valence-electron chi connectivity index (χ2n) is 4.59. The maximum absolute atomic E-state index is 11.3. The summed E-state index contributed by atoms with van der Waals surface area (Å²) in [5.41, 5.74) is 0. The third kappa shape index (κ3) is 5.60. The molecule has 2 aliphatic heterocycles. The first-order valence-corrected chi connectivity index (χ1v) is 6.43. The zero-order chi connectivity index (χ0) is 16.2. The van der Waals surface area contributed by atoms with Crippen LogP contribution in [0, 0.1) is 0 Å². The molecular formula is C10H16BF4N3O3. The van der Waals surface area contributed by atoms with Gasteiger partial charge in [-0.15, -0.1) is 0 Å². The van der Waals surface area contributed by atoms with Gasteiger partial charge in [-0.25, -0.2) is 0 Å². The molecule has 6 nitrogen and oxygen atoms in total. The summed E-state index contributed by atoms with van der Waals surface area (Å²) in [5.74, 6) is -0.567. The van der Waals surface area contributed by atoms with Crippen molar-refractivity contribution in [2.45, 2.75) is 45.2 Å². The van der Waals surface area contributed by atoms with Gasteiger partial charge in [0.05, 0.1) is 17.1 Å². The van der Waals surface area contributed by atoms with Crippen molar-refractivity contribution in [2.75, 3.05) is 0 Å². The SMILES string of the molecule is CCC1NC(=[O+]N2C(=O)CCC2=O)NC1C.F[B-](F)(F)F. The Bertz CT molecular complexity index is 422. The lowest BCUT2D eigenvalue weighted by Gasteiger charge is -2.07. The summed E-state index contributed by atoms with van der Waals surface area (Å²) in [6.07, 6.45) is 1.42. The highest BCUT2D eigenvalue weighted by molar-refractivity contribution is 6.50. The number of nitrogens with one attached hydrogen (secondary N) is 2. The standard InChI is InChI=1S/C10H16N3O3.BF4/c1-3-7-6(2)11-10(12-7)16-13-8(14)4-5-9(13)15;2-1(3,4)5/h6-7,11-12H,3-5H2,1-2H3;/q+1;-1. The molecule has 0 spiro atoms. The maximum atomic E-state index is 11.3. The first kappa shape index (κ1) is 17.2. The number of rotatable bonds is 2. The van der Waals surface area contributed by atoms with E-state index in [1.54, 1.807) is 0 Å². The molecule has 2 N–H and O–H groups in total. The van der Waals surface area contributed by atoms with Gasteiger partial charge in [0.2, 0.25) is 0 Å². The zero-order valence-electron chi connectivity index (χ0n) is 11.5. The second-order valence-corrected chi connectivity index (χ2v) is 4.59. The summed E-state index contributed by atoms with van der Waals surface area (Å²) in [5, 5.41) is 6.99. The van der Waals surface area contributed by atoms with Crippen molar-refractivity contribution >= 4 is 25.1 Å². The third-order valence-electron chi connectivity index (χ3n) is 2.91. The molecule has 120 valence electrons. The van der Waals surface area contributed by atoms with Gasteiger partial charge < -0.3 is 17.3 Å². The third-order valence-corrected chi connectivity index (χ3v) is 2.91. The van der Waals surface area contributed by atoms with Crippen molar-refractivity contribution in [1.82, 2.24) is 15.7 Å². The molecule has 0 radical (unpaired) electrons. The van der Waals surface area contributed by atoms with Gasteiger partial charge >= 0.3 is 25.1 Å². The van der Waals surface area contributed by atoms with Gasteiger partial charge in [0, 0.05) is 12.8 Å². The summed E-state index contributed by atoms with van der Waals surface area (Å²) in [6.45, 7) is 4.08. The Hall–Kier alpha value is -1.81. The summed E-state index contributed by atoms with van der Waals surface area (Å²) >= 11 is 0. The lowest BCUT2D eigenvalue weighted by atomic mass is 10.1. The molecule has 2 unspecified atom stereocenters. The topological polar surface area (TPSA) is 72.7 Å². The van der Waals surface area contributed by atoms with Crippen molar-refractivity contribution in [1.29, 1.82) is 0 Å². The number of hydroxylamine groups is 2. The average Bonchev–Trinajstić information content (AvgIpc) is 2.84. The molecule has 2 aliphatic rings. The van der Waals surface area contributed by atoms with Crippen LogP contribution in [-0.4, -0.2) is 42.2 Å². The first-order chi connectivity index (χ1) is 9.61. The van der Waals surface area contributed by atoms with E-state index in [0.717, 1.165) is 11.5 Å². The molecule has 4 amide bonds. The molecule has 2 atom stereocenters. The Kier molecular flexibility index (Phi) is 5.56. The van der Waals surface area contributed by atoms with E-state index in [4.69, 9.17) is 4.53 Å². The number of imide groups is 1. The Morgan fingerprint density at radius 2 is 1.67 bits per heavy atom. The minimum atomic E-state index is -6.00. The normalized spacial score (nSPS) is 27.3. The summed E-state index contributed by atoms with van der Waals surface area (Å²) in [7, 11) is -6.00. The van der Waals surface area contributed by atoms with Crippen LogP contribution in [0.4, 0.5) is 21.8 Å². The molecule has 2 heterocycles. The molecule has 0 bridgehead atoms. The Morgan fingerprint density at radius 1 is 1.19 bits per heavy atom. The van der Waals surface area contributed by atoms with E-state index >= 15 is 0 Å². The van der Waals surface area contributed by atoms with Crippen molar-refractivity contribution in [3.8, 4) is 0 Å². The number of carbonyl (C=O) groups excluding carboxylic acids is 3. The fourth-order valence-electron chi connectivity index (χ4n) is 1.90. The number of nitrogens with zero attached hydrogens (tertiary/aromatic N) is 1. The predicted molar refractivity (Wildman–Crippen MR) is 66.5 cm³/mol. The van der Waals surface area contributed by atoms with Gasteiger partial charge in [-0.05, 0) is 17.9 Å². The largest absolute Gasteiger partial charge is 0.673 e. The second kappa shape index (κ2) is 6.77. The molecule has 0 aromatic heterocycles. The van der Waals surface area contributed by atoms with Gasteiger partial charge in [0.25, 0.3) is 0 Å². The van der Waals surface area contributed by atoms with Gasteiger partial charge in [0.1, 0.15) is 0 Å². The van der Waals surface area contributed by atoms with Crippen LogP contribution in [0.1, 0.15) is 33.1 Å². The van der Waals surface area contributed by atoms with Gasteiger partial charge in [-0.1, -0.05) is 6.92 Å². The van der Waals surface area contributed by atoms with Crippen molar-refractivity contribution in [3.05, 3.63) is 0 Å². The molecule has 21 heavy (non-hydrogen) atoms. The van der Waals surface area contributed by atoms with E-state index in [0.29, 0.717) is 6.03 Å². The number of urea groups is 1. The lowest BCUT2D eigenvalue weighted by molar-refractivity contribution is -0.339. The van der Waals surface area contributed by atoms with E-state index in [-0.39, 0.29) is 36.7 Å². The number of halogens is 4.